The number of amides is 2. The Balaban J connectivity index is 1.63. The Labute approximate surface area is 213 Å². The van der Waals surface area contributed by atoms with Crippen LogP contribution in [-0.2, 0) is 28.6 Å². The van der Waals surface area contributed by atoms with Gasteiger partial charge in [-0.2, -0.15) is 0 Å². The van der Waals surface area contributed by atoms with Crippen LogP contribution < -0.4 is 15.0 Å². The van der Waals surface area contributed by atoms with Crippen LogP contribution in [0.25, 0.3) is 0 Å². The number of anilines is 2. The van der Waals surface area contributed by atoms with Crippen molar-refractivity contribution in [1.82, 2.24) is 0 Å². The van der Waals surface area contributed by atoms with Crippen molar-refractivity contribution >= 4 is 41.1 Å². The summed E-state index contributed by atoms with van der Waals surface area (Å²) < 4.78 is 20.4. The molecule has 1 N–H and O–H groups in total. The van der Waals surface area contributed by atoms with Gasteiger partial charge in [-0.25, -0.2) is 9.59 Å². The van der Waals surface area contributed by atoms with Crippen LogP contribution in [0.4, 0.5) is 11.4 Å². The van der Waals surface area contributed by atoms with Crippen LogP contribution in [0.15, 0.2) is 42.5 Å². The average molecular weight is 513 g/mol. The standard InChI is InChI=1S/C26H28N2O9/c1-4-35-24(31)16-10-17(25(32)36-5-2)12-19(11-16)27-22(29)15-37-26(33)18-13-23(30)28(14-18)20-8-6-7-9-21(20)34-3/h6-12,18H,4-5,13-15H2,1-3H3,(H,27,29)/t18-/m0/s1. The molecule has 0 unspecified atom stereocenters. The van der Waals surface area contributed by atoms with Crippen LogP contribution >= 0.6 is 0 Å². The van der Waals surface area contributed by atoms with Gasteiger partial charge in [-0.3, -0.25) is 14.4 Å². The van der Waals surface area contributed by atoms with Crippen molar-refractivity contribution in [2.75, 3.05) is 43.7 Å². The zero-order valence-corrected chi connectivity index (χ0v) is 20.8. The first-order valence-corrected chi connectivity index (χ1v) is 11.7. The van der Waals surface area contributed by atoms with Crippen molar-refractivity contribution in [2.24, 2.45) is 5.92 Å². The zero-order valence-electron chi connectivity index (χ0n) is 20.8. The zero-order chi connectivity index (χ0) is 26.9. The third kappa shape index (κ3) is 6.84. The maximum Gasteiger partial charge on any atom is 0.338 e. The van der Waals surface area contributed by atoms with Crippen LogP contribution in [0, 0.1) is 5.92 Å². The van der Waals surface area contributed by atoms with E-state index in [0.717, 1.165) is 0 Å². The molecular formula is C26H28N2O9. The number of carbonyl (C=O) groups excluding carboxylic acids is 5. The molecule has 2 amide bonds. The van der Waals surface area contributed by atoms with E-state index in [1.807, 2.05) is 0 Å². The summed E-state index contributed by atoms with van der Waals surface area (Å²) in [6, 6.07) is 10.9. The first kappa shape index (κ1) is 27.2. The molecule has 11 heteroatoms. The van der Waals surface area contributed by atoms with Crippen molar-refractivity contribution in [3.63, 3.8) is 0 Å². The van der Waals surface area contributed by atoms with E-state index in [9.17, 15) is 24.0 Å². The lowest BCUT2D eigenvalue weighted by Crippen LogP contribution is -2.28. The summed E-state index contributed by atoms with van der Waals surface area (Å²) in [6.45, 7) is 2.98. The normalized spacial score (nSPS) is 14.6. The van der Waals surface area contributed by atoms with E-state index in [2.05, 4.69) is 5.32 Å². The molecule has 2 aromatic carbocycles. The predicted octanol–water partition coefficient (Wildman–Crippen LogP) is 2.58. The van der Waals surface area contributed by atoms with E-state index in [0.29, 0.717) is 11.4 Å². The van der Waals surface area contributed by atoms with Gasteiger partial charge in [0, 0.05) is 18.7 Å². The fourth-order valence-corrected chi connectivity index (χ4v) is 3.77. The van der Waals surface area contributed by atoms with Crippen LogP contribution in [0.3, 0.4) is 0 Å². The van der Waals surface area contributed by atoms with E-state index < -0.39 is 36.3 Å². The molecule has 1 atom stereocenters. The molecule has 2 aromatic rings. The fourth-order valence-electron chi connectivity index (χ4n) is 3.77. The Hall–Kier alpha value is -4.41. The summed E-state index contributed by atoms with van der Waals surface area (Å²) in [5.41, 5.74) is 0.746. The third-order valence-electron chi connectivity index (χ3n) is 5.42. The predicted molar refractivity (Wildman–Crippen MR) is 131 cm³/mol. The molecule has 37 heavy (non-hydrogen) atoms. The molecule has 196 valence electrons. The summed E-state index contributed by atoms with van der Waals surface area (Å²) in [7, 11) is 1.49. The van der Waals surface area contributed by atoms with Gasteiger partial charge in [0.1, 0.15) is 5.75 Å². The number of hydrogen-bond acceptors (Lipinski definition) is 9. The maximum absolute atomic E-state index is 12.6. The van der Waals surface area contributed by atoms with Gasteiger partial charge in [0.25, 0.3) is 5.91 Å². The fraction of sp³-hybridized carbons (Fsp3) is 0.346. The van der Waals surface area contributed by atoms with Crippen molar-refractivity contribution in [3.8, 4) is 5.75 Å². The Morgan fingerprint density at radius 2 is 1.57 bits per heavy atom. The van der Waals surface area contributed by atoms with Crippen LogP contribution in [-0.4, -0.2) is 63.2 Å². The lowest BCUT2D eigenvalue weighted by Gasteiger charge is -2.19. The van der Waals surface area contributed by atoms with E-state index in [1.165, 1.54) is 30.2 Å². The highest BCUT2D eigenvalue weighted by Gasteiger charge is 2.37. The Morgan fingerprint density at radius 3 is 2.16 bits per heavy atom. The quantitative estimate of drug-likeness (QED) is 0.376. The molecular weight excluding hydrogens is 484 g/mol. The van der Waals surface area contributed by atoms with Crippen LogP contribution in [0.5, 0.6) is 5.75 Å². The van der Waals surface area contributed by atoms with Crippen LogP contribution in [0.2, 0.25) is 0 Å². The molecule has 1 aliphatic rings. The number of nitrogens with zero attached hydrogens (tertiary/aromatic N) is 1. The molecule has 1 saturated heterocycles. The monoisotopic (exact) mass is 512 g/mol. The van der Waals surface area contributed by atoms with Crippen molar-refractivity contribution in [1.29, 1.82) is 0 Å². The Bertz CT molecular complexity index is 1160. The van der Waals surface area contributed by atoms with E-state index in [1.54, 1.807) is 38.1 Å². The molecule has 0 spiro atoms. The smallest absolute Gasteiger partial charge is 0.338 e. The number of carbonyl (C=O) groups is 5. The highest BCUT2D eigenvalue weighted by molar-refractivity contribution is 6.02. The number of esters is 3. The average Bonchev–Trinajstić information content (AvgIpc) is 3.28. The second-order valence-corrected chi connectivity index (χ2v) is 7.97. The van der Waals surface area contributed by atoms with Gasteiger partial charge in [0.2, 0.25) is 5.91 Å². The van der Waals surface area contributed by atoms with Gasteiger partial charge in [-0.15, -0.1) is 0 Å². The Kier molecular flexibility index (Phi) is 9.20. The number of hydrogen-bond donors (Lipinski definition) is 1. The first-order chi connectivity index (χ1) is 17.8. The maximum atomic E-state index is 12.6. The minimum atomic E-state index is -0.757. The number of ether oxygens (including phenoxy) is 4. The highest BCUT2D eigenvalue weighted by Crippen LogP contribution is 2.33. The van der Waals surface area contributed by atoms with Gasteiger partial charge in [0.15, 0.2) is 6.61 Å². The number of nitrogens with one attached hydrogen (secondary N) is 1. The summed E-state index contributed by atoms with van der Waals surface area (Å²) in [4.78, 5) is 63.4. The Morgan fingerprint density at radius 1 is 0.946 bits per heavy atom. The number of rotatable bonds is 10. The molecule has 3 rings (SSSR count). The van der Waals surface area contributed by atoms with E-state index in [4.69, 9.17) is 18.9 Å². The second-order valence-electron chi connectivity index (χ2n) is 7.97. The number of benzene rings is 2. The molecule has 11 nitrogen and oxygen atoms in total. The lowest BCUT2D eigenvalue weighted by atomic mass is 10.1. The highest BCUT2D eigenvalue weighted by atomic mass is 16.5. The van der Waals surface area contributed by atoms with Gasteiger partial charge in [-0.05, 0) is 44.2 Å². The lowest BCUT2D eigenvalue weighted by molar-refractivity contribution is -0.151. The number of methoxy groups -OCH3 is 1. The molecule has 0 aliphatic carbocycles. The molecule has 1 heterocycles. The van der Waals surface area contributed by atoms with E-state index >= 15 is 0 Å². The molecule has 1 aliphatic heterocycles. The van der Waals surface area contributed by atoms with Crippen molar-refractivity contribution < 1.29 is 42.9 Å². The van der Waals surface area contributed by atoms with Gasteiger partial charge in [0.05, 0.1) is 43.1 Å². The summed E-state index contributed by atoms with van der Waals surface area (Å²) in [6.07, 6.45) is -0.0665. The molecule has 0 radical (unpaired) electrons. The van der Waals surface area contributed by atoms with E-state index in [-0.39, 0.29) is 48.9 Å². The minimum Gasteiger partial charge on any atom is -0.495 e. The third-order valence-corrected chi connectivity index (χ3v) is 5.42. The van der Waals surface area contributed by atoms with Gasteiger partial charge >= 0.3 is 17.9 Å². The summed E-state index contributed by atoms with van der Waals surface area (Å²) in [5.74, 6) is -3.28. The largest absolute Gasteiger partial charge is 0.495 e. The summed E-state index contributed by atoms with van der Waals surface area (Å²) >= 11 is 0. The van der Waals surface area contributed by atoms with Crippen molar-refractivity contribution in [2.45, 2.75) is 20.3 Å². The first-order valence-electron chi connectivity index (χ1n) is 11.7. The minimum absolute atomic E-state index is 0.0422. The second kappa shape index (κ2) is 12.5. The van der Waals surface area contributed by atoms with Gasteiger partial charge in [-0.1, -0.05) is 12.1 Å². The number of para-hydroxylation sites is 2. The molecule has 0 aromatic heterocycles. The molecule has 1 fully saturated rings. The van der Waals surface area contributed by atoms with Crippen LogP contribution in [0.1, 0.15) is 41.0 Å². The summed E-state index contributed by atoms with van der Waals surface area (Å²) in [5, 5.41) is 2.50. The van der Waals surface area contributed by atoms with Gasteiger partial charge < -0.3 is 29.2 Å². The SMILES string of the molecule is CCOC(=O)c1cc(NC(=O)COC(=O)[C@H]2CC(=O)N(c3ccccc3OC)C2)cc(C(=O)OCC)c1. The molecule has 0 saturated carbocycles. The van der Waals surface area contributed by atoms with Crippen molar-refractivity contribution in [3.05, 3.63) is 53.6 Å². The topological polar surface area (TPSA) is 138 Å². The molecule has 0 bridgehead atoms.